The highest BCUT2D eigenvalue weighted by Gasteiger charge is 2.36. The van der Waals surface area contributed by atoms with E-state index in [1.54, 1.807) is 0 Å². The van der Waals surface area contributed by atoms with E-state index in [4.69, 9.17) is 4.42 Å². The summed E-state index contributed by atoms with van der Waals surface area (Å²) in [6.45, 7) is 0.451. The molecule has 6 nitrogen and oxygen atoms in total. The highest BCUT2D eigenvalue weighted by atomic mass is 35.5. The fourth-order valence-electron chi connectivity index (χ4n) is 4.26. The Hall–Kier alpha value is -2.75. The lowest BCUT2D eigenvalue weighted by molar-refractivity contribution is -0.137. The van der Waals surface area contributed by atoms with Crippen molar-refractivity contribution in [1.82, 2.24) is 4.90 Å². The lowest BCUT2D eigenvalue weighted by Crippen LogP contribution is -2.32. The quantitative estimate of drug-likeness (QED) is 0.532. The Balaban J connectivity index is 0.00000289. The molecule has 1 aliphatic heterocycles. The number of phenolic OH excluding ortho intramolecular Hbond substituents is 2. The van der Waals surface area contributed by atoms with Crippen LogP contribution in [0.1, 0.15) is 23.5 Å². The van der Waals surface area contributed by atoms with Gasteiger partial charge in [-0.15, -0.1) is 12.4 Å². The van der Waals surface area contributed by atoms with E-state index < -0.39 is 22.9 Å². The number of aliphatic hydroxyl groups excluding tert-OH is 1. The molecule has 10 heteroatoms. The minimum Gasteiger partial charge on any atom is -0.507 e. The lowest BCUT2D eigenvalue weighted by atomic mass is 9.89. The highest BCUT2D eigenvalue weighted by molar-refractivity contribution is 5.89. The molecule has 4 rings (SSSR count). The first-order valence-corrected chi connectivity index (χ1v) is 9.63. The molecule has 1 aromatic heterocycles. The normalized spacial score (nSPS) is 19.3. The molecule has 0 aliphatic carbocycles. The van der Waals surface area contributed by atoms with Crippen LogP contribution in [0.2, 0.25) is 0 Å². The van der Waals surface area contributed by atoms with E-state index in [0.717, 1.165) is 24.3 Å². The van der Waals surface area contributed by atoms with Crippen LogP contribution in [0.15, 0.2) is 45.6 Å². The molecule has 0 unspecified atom stereocenters. The van der Waals surface area contributed by atoms with Gasteiger partial charge in [0.05, 0.1) is 12.2 Å². The summed E-state index contributed by atoms with van der Waals surface area (Å²) in [6, 6.07) is 5.97. The Morgan fingerprint density at radius 2 is 1.78 bits per heavy atom. The number of aromatic hydroxyl groups is 2. The molecule has 2 aromatic carbocycles. The summed E-state index contributed by atoms with van der Waals surface area (Å²) in [5, 5.41) is 30.5. The van der Waals surface area contributed by atoms with Crippen LogP contribution in [0, 0.1) is 0 Å². The van der Waals surface area contributed by atoms with Crippen molar-refractivity contribution in [3.63, 3.8) is 0 Å². The van der Waals surface area contributed by atoms with E-state index in [-0.39, 0.29) is 64.6 Å². The van der Waals surface area contributed by atoms with E-state index in [2.05, 4.69) is 0 Å². The van der Waals surface area contributed by atoms with Crippen LogP contribution in [0.3, 0.4) is 0 Å². The summed E-state index contributed by atoms with van der Waals surface area (Å²) in [4.78, 5) is 14.7. The number of nitrogens with zero attached hydrogens (tertiary/aromatic N) is 1. The molecule has 32 heavy (non-hydrogen) atoms. The second-order valence-electron chi connectivity index (χ2n) is 7.71. The fraction of sp³-hybridized carbons (Fsp3) is 0.318. The smallest absolute Gasteiger partial charge is 0.416 e. The molecule has 0 radical (unpaired) electrons. The summed E-state index contributed by atoms with van der Waals surface area (Å²) < 4.78 is 44.5. The van der Waals surface area contributed by atoms with Crippen molar-refractivity contribution in [2.45, 2.75) is 24.6 Å². The Morgan fingerprint density at radius 3 is 2.38 bits per heavy atom. The number of likely N-dealkylation sites (tertiary alicyclic amines) is 1. The van der Waals surface area contributed by atoms with Gasteiger partial charge in [-0.1, -0.05) is 12.1 Å². The molecule has 2 heterocycles. The number of aliphatic hydroxyl groups is 1. The number of benzene rings is 2. The van der Waals surface area contributed by atoms with Gasteiger partial charge >= 0.3 is 6.18 Å². The van der Waals surface area contributed by atoms with Crippen molar-refractivity contribution in [1.29, 1.82) is 0 Å². The molecule has 1 aliphatic rings. The average molecular weight is 472 g/mol. The topological polar surface area (TPSA) is 94.1 Å². The van der Waals surface area contributed by atoms with Gasteiger partial charge in [0.2, 0.25) is 0 Å². The summed E-state index contributed by atoms with van der Waals surface area (Å²) in [5.41, 5.74) is -0.958. The predicted octanol–water partition coefficient (Wildman–Crippen LogP) is 4.09. The number of hydrogen-bond acceptors (Lipinski definition) is 6. The first kappa shape index (κ1) is 23.9. The van der Waals surface area contributed by atoms with Crippen LogP contribution in [-0.4, -0.2) is 46.5 Å². The minimum atomic E-state index is -4.50. The van der Waals surface area contributed by atoms with Gasteiger partial charge in [0.25, 0.3) is 0 Å². The lowest BCUT2D eigenvalue weighted by Gasteiger charge is -2.24. The molecule has 0 spiro atoms. The largest absolute Gasteiger partial charge is 0.507 e. The second kappa shape index (κ2) is 8.65. The summed E-state index contributed by atoms with van der Waals surface area (Å²) in [7, 11) is 1.82. The third kappa shape index (κ3) is 4.03. The predicted molar refractivity (Wildman–Crippen MR) is 114 cm³/mol. The number of fused-ring (bicyclic) bond motifs is 1. The molecule has 1 saturated heterocycles. The van der Waals surface area contributed by atoms with Crippen LogP contribution in [0.5, 0.6) is 11.5 Å². The van der Waals surface area contributed by atoms with Gasteiger partial charge in [-0.05, 0) is 32.1 Å². The highest BCUT2D eigenvalue weighted by Crippen LogP contribution is 2.44. The number of hydrogen-bond donors (Lipinski definition) is 3. The molecule has 172 valence electrons. The third-order valence-electron chi connectivity index (χ3n) is 5.88. The van der Waals surface area contributed by atoms with Crippen LogP contribution in [0.4, 0.5) is 13.2 Å². The van der Waals surface area contributed by atoms with Gasteiger partial charge in [0.15, 0.2) is 5.43 Å². The minimum absolute atomic E-state index is 0. The van der Waals surface area contributed by atoms with Crippen LogP contribution in [0.25, 0.3) is 22.3 Å². The SMILES string of the molecule is CN1CC[C@@H](c2c(O)cc(O)c3c(=O)cc(-c4ccc(C(F)(F)F)cc4)oc23)[C@@H]1CO.Cl. The van der Waals surface area contributed by atoms with Gasteiger partial charge < -0.3 is 24.6 Å². The third-order valence-corrected chi connectivity index (χ3v) is 5.88. The van der Waals surface area contributed by atoms with Crippen molar-refractivity contribution in [3.05, 3.63) is 57.7 Å². The number of likely N-dealkylation sites (N-methyl/N-ethyl adjacent to an activating group) is 1. The second-order valence-corrected chi connectivity index (χ2v) is 7.71. The molecule has 2 atom stereocenters. The maximum absolute atomic E-state index is 12.9. The van der Waals surface area contributed by atoms with E-state index in [0.29, 0.717) is 13.0 Å². The maximum atomic E-state index is 12.9. The van der Waals surface area contributed by atoms with Crippen molar-refractivity contribution in [2.75, 3.05) is 20.2 Å². The maximum Gasteiger partial charge on any atom is 0.416 e. The van der Waals surface area contributed by atoms with Gasteiger partial charge in [0, 0.05) is 35.2 Å². The molecule has 0 bridgehead atoms. The first-order chi connectivity index (χ1) is 14.6. The van der Waals surface area contributed by atoms with Gasteiger partial charge in [-0.25, -0.2) is 0 Å². The van der Waals surface area contributed by atoms with Crippen molar-refractivity contribution in [3.8, 4) is 22.8 Å². The van der Waals surface area contributed by atoms with Crippen LogP contribution < -0.4 is 5.43 Å². The van der Waals surface area contributed by atoms with E-state index in [1.807, 2.05) is 11.9 Å². The number of phenols is 2. The van der Waals surface area contributed by atoms with E-state index in [1.165, 1.54) is 12.1 Å². The van der Waals surface area contributed by atoms with E-state index in [9.17, 15) is 33.3 Å². The Labute approximate surface area is 186 Å². The zero-order chi connectivity index (χ0) is 22.5. The zero-order valence-electron chi connectivity index (χ0n) is 16.9. The number of alkyl halides is 3. The number of halogens is 4. The van der Waals surface area contributed by atoms with Crippen molar-refractivity contribution < 1.29 is 32.9 Å². The zero-order valence-corrected chi connectivity index (χ0v) is 17.7. The monoisotopic (exact) mass is 471 g/mol. The van der Waals surface area contributed by atoms with Gasteiger partial charge in [-0.2, -0.15) is 13.2 Å². The Kier molecular flexibility index (Phi) is 6.46. The van der Waals surface area contributed by atoms with Crippen LogP contribution >= 0.6 is 12.4 Å². The molecular formula is C22H21ClF3NO5. The summed E-state index contributed by atoms with van der Waals surface area (Å²) >= 11 is 0. The van der Waals surface area contributed by atoms with Gasteiger partial charge in [-0.3, -0.25) is 4.79 Å². The molecule has 0 amide bonds. The molecule has 0 saturated carbocycles. The van der Waals surface area contributed by atoms with Gasteiger partial charge in [0.1, 0.15) is 28.2 Å². The fourth-order valence-corrected chi connectivity index (χ4v) is 4.26. The van der Waals surface area contributed by atoms with Crippen molar-refractivity contribution in [2.24, 2.45) is 0 Å². The van der Waals surface area contributed by atoms with Crippen molar-refractivity contribution >= 4 is 23.4 Å². The first-order valence-electron chi connectivity index (χ1n) is 9.63. The van der Waals surface area contributed by atoms with Crippen LogP contribution in [-0.2, 0) is 6.18 Å². The Morgan fingerprint density at radius 1 is 1.12 bits per heavy atom. The molecule has 3 aromatic rings. The summed E-state index contributed by atoms with van der Waals surface area (Å²) in [5.74, 6) is -1.11. The van der Waals surface area contributed by atoms with E-state index >= 15 is 0 Å². The Bertz CT molecular complexity index is 1190. The standard InChI is InChI=1S/C22H20F3NO5.ClH/c1-26-7-6-13(14(26)10-27)19-15(28)8-16(29)20-17(30)9-18(31-21(19)20)11-2-4-12(5-3-11)22(23,24)25;/h2-5,8-9,13-14,27-29H,6-7,10H2,1H3;1H/t13-,14+;/m1./s1. The number of rotatable bonds is 3. The molecule has 3 N–H and O–H groups in total. The average Bonchev–Trinajstić information content (AvgIpc) is 3.06. The molecule has 1 fully saturated rings. The molecular weight excluding hydrogens is 451 g/mol. The summed E-state index contributed by atoms with van der Waals surface area (Å²) in [6.07, 6.45) is -3.93.